The van der Waals surface area contributed by atoms with Crippen molar-refractivity contribution in [2.75, 3.05) is 13.2 Å². The summed E-state index contributed by atoms with van der Waals surface area (Å²) in [5, 5.41) is -0.946. The molecule has 0 N–H and O–H groups in total. The summed E-state index contributed by atoms with van der Waals surface area (Å²) in [6.07, 6.45) is 0. The first kappa shape index (κ1) is 18.6. The van der Waals surface area contributed by atoms with Crippen LogP contribution in [0.15, 0.2) is 48.5 Å². The molecule has 0 atom stereocenters. The largest absolute Gasteiger partial charge is 0.374 e. The van der Waals surface area contributed by atoms with Gasteiger partial charge < -0.3 is 9.47 Å². The minimum absolute atomic E-state index is 0.437. The van der Waals surface area contributed by atoms with Gasteiger partial charge in [0.05, 0.1) is 26.4 Å². The van der Waals surface area contributed by atoms with Crippen LogP contribution in [0.4, 0.5) is 0 Å². The van der Waals surface area contributed by atoms with Crippen molar-refractivity contribution >= 4 is 33.7 Å². The SMILES string of the molecule is O=C(Cl)c1ccc(COCCOCc2ccc(C(=O)Cl)cc2)cc1. The molecule has 0 bridgehead atoms. The Morgan fingerprint density at radius 3 is 1.29 bits per heavy atom. The fraction of sp³-hybridized carbons (Fsp3) is 0.222. The molecule has 126 valence electrons. The van der Waals surface area contributed by atoms with E-state index in [1.165, 1.54) is 0 Å². The second-order valence-corrected chi connectivity index (χ2v) is 5.73. The van der Waals surface area contributed by atoms with Gasteiger partial charge in [-0.2, -0.15) is 0 Å². The third kappa shape index (κ3) is 6.06. The van der Waals surface area contributed by atoms with Gasteiger partial charge in [-0.1, -0.05) is 24.3 Å². The van der Waals surface area contributed by atoms with Crippen molar-refractivity contribution in [1.29, 1.82) is 0 Å². The Morgan fingerprint density at radius 1 is 0.667 bits per heavy atom. The summed E-state index contributed by atoms with van der Waals surface area (Å²) in [4.78, 5) is 21.9. The van der Waals surface area contributed by atoms with E-state index in [0.29, 0.717) is 37.6 Å². The summed E-state index contributed by atoms with van der Waals surface area (Å²) in [5.74, 6) is 0. The van der Waals surface area contributed by atoms with Crippen LogP contribution in [0, 0.1) is 0 Å². The quantitative estimate of drug-likeness (QED) is 0.493. The molecule has 0 heterocycles. The first-order chi connectivity index (χ1) is 11.6. The highest BCUT2D eigenvalue weighted by atomic mass is 35.5. The molecular weight excluding hydrogens is 351 g/mol. The first-order valence-electron chi connectivity index (χ1n) is 7.29. The number of ether oxygens (including phenoxy) is 2. The van der Waals surface area contributed by atoms with Crippen molar-refractivity contribution in [2.45, 2.75) is 13.2 Å². The van der Waals surface area contributed by atoms with Crippen LogP contribution in [0.5, 0.6) is 0 Å². The molecule has 4 nitrogen and oxygen atoms in total. The van der Waals surface area contributed by atoms with Crippen LogP contribution in [0.25, 0.3) is 0 Å². The van der Waals surface area contributed by atoms with Gasteiger partial charge >= 0.3 is 0 Å². The molecule has 24 heavy (non-hydrogen) atoms. The second-order valence-electron chi connectivity index (χ2n) is 5.05. The van der Waals surface area contributed by atoms with Crippen molar-refractivity contribution in [1.82, 2.24) is 0 Å². The Hall–Kier alpha value is -1.72. The van der Waals surface area contributed by atoms with Crippen LogP contribution in [0.1, 0.15) is 31.8 Å². The first-order valence-corrected chi connectivity index (χ1v) is 8.05. The van der Waals surface area contributed by atoms with E-state index in [2.05, 4.69) is 0 Å². The lowest BCUT2D eigenvalue weighted by Crippen LogP contribution is -2.04. The van der Waals surface area contributed by atoms with E-state index in [1.807, 2.05) is 0 Å². The highest BCUT2D eigenvalue weighted by molar-refractivity contribution is 6.68. The second kappa shape index (κ2) is 9.55. The number of halogens is 2. The Morgan fingerprint density at radius 2 is 1.00 bits per heavy atom. The molecule has 2 aromatic carbocycles. The Bertz CT molecular complexity index is 620. The number of benzene rings is 2. The summed E-state index contributed by atoms with van der Waals surface area (Å²) >= 11 is 10.8. The summed E-state index contributed by atoms with van der Waals surface area (Å²) < 4.78 is 11.0. The van der Waals surface area contributed by atoms with E-state index in [4.69, 9.17) is 32.7 Å². The topological polar surface area (TPSA) is 52.6 Å². The molecule has 6 heteroatoms. The third-order valence-corrected chi connectivity index (χ3v) is 3.71. The van der Waals surface area contributed by atoms with Gasteiger partial charge in [0.2, 0.25) is 0 Å². The maximum absolute atomic E-state index is 11.0. The molecule has 2 rings (SSSR count). The Balaban J connectivity index is 1.62. The zero-order chi connectivity index (χ0) is 17.4. The lowest BCUT2D eigenvalue weighted by Gasteiger charge is -2.07. The average molecular weight is 367 g/mol. The van der Waals surface area contributed by atoms with Crippen LogP contribution < -0.4 is 0 Å². The van der Waals surface area contributed by atoms with Crippen LogP contribution in [0.2, 0.25) is 0 Å². The molecule has 0 unspecified atom stereocenters. The molecule has 0 amide bonds. The molecule has 2 aromatic rings. The highest BCUT2D eigenvalue weighted by Gasteiger charge is 2.02. The molecule has 0 aromatic heterocycles. The van der Waals surface area contributed by atoms with Crippen molar-refractivity contribution in [3.63, 3.8) is 0 Å². The van der Waals surface area contributed by atoms with Crippen LogP contribution in [0.3, 0.4) is 0 Å². The summed E-state index contributed by atoms with van der Waals surface area (Å²) in [6, 6.07) is 13.9. The van der Waals surface area contributed by atoms with Crippen LogP contribution >= 0.6 is 23.2 Å². The molecule has 0 saturated carbocycles. The highest BCUT2D eigenvalue weighted by Crippen LogP contribution is 2.09. The lowest BCUT2D eigenvalue weighted by molar-refractivity contribution is 0.0339. The Labute approximate surface area is 150 Å². The zero-order valence-corrected chi connectivity index (χ0v) is 14.3. The normalized spacial score (nSPS) is 10.6. The number of carbonyl (C=O) groups is 2. The third-order valence-electron chi connectivity index (χ3n) is 3.27. The monoisotopic (exact) mass is 366 g/mol. The number of carbonyl (C=O) groups excluding carboxylic acids is 2. The molecule has 0 fully saturated rings. The van der Waals surface area contributed by atoms with Gasteiger partial charge in [-0.15, -0.1) is 0 Å². The summed E-state index contributed by atoms with van der Waals surface area (Å²) in [6.45, 7) is 1.78. The van der Waals surface area contributed by atoms with Crippen LogP contribution in [-0.4, -0.2) is 23.7 Å². The number of hydrogen-bond acceptors (Lipinski definition) is 4. The minimum atomic E-state index is -0.473. The zero-order valence-electron chi connectivity index (χ0n) is 12.8. The number of hydrogen-bond donors (Lipinski definition) is 0. The van der Waals surface area contributed by atoms with E-state index in [0.717, 1.165) is 11.1 Å². The summed E-state index contributed by atoms with van der Waals surface area (Å²) in [5.41, 5.74) is 2.84. The molecule has 0 radical (unpaired) electrons. The molecule has 0 aliphatic carbocycles. The van der Waals surface area contributed by atoms with Gasteiger partial charge in [-0.05, 0) is 58.6 Å². The van der Waals surface area contributed by atoms with E-state index < -0.39 is 10.5 Å². The van der Waals surface area contributed by atoms with Crippen molar-refractivity contribution < 1.29 is 19.1 Å². The maximum atomic E-state index is 11.0. The van der Waals surface area contributed by atoms with Crippen LogP contribution in [-0.2, 0) is 22.7 Å². The summed E-state index contributed by atoms with van der Waals surface area (Å²) in [7, 11) is 0. The predicted molar refractivity (Wildman–Crippen MR) is 92.6 cm³/mol. The van der Waals surface area contributed by atoms with E-state index in [1.54, 1.807) is 48.5 Å². The van der Waals surface area contributed by atoms with E-state index >= 15 is 0 Å². The fourth-order valence-electron chi connectivity index (χ4n) is 1.96. The molecular formula is C18H16Cl2O4. The fourth-order valence-corrected chi connectivity index (χ4v) is 2.21. The lowest BCUT2D eigenvalue weighted by atomic mass is 10.1. The van der Waals surface area contributed by atoms with Crippen molar-refractivity contribution in [3.8, 4) is 0 Å². The van der Waals surface area contributed by atoms with Gasteiger partial charge in [0.25, 0.3) is 10.5 Å². The van der Waals surface area contributed by atoms with Gasteiger partial charge in [-0.3, -0.25) is 9.59 Å². The van der Waals surface area contributed by atoms with E-state index in [9.17, 15) is 9.59 Å². The molecule has 0 aliphatic heterocycles. The average Bonchev–Trinajstić information content (AvgIpc) is 2.58. The smallest absolute Gasteiger partial charge is 0.252 e. The maximum Gasteiger partial charge on any atom is 0.252 e. The molecule has 0 spiro atoms. The standard InChI is InChI=1S/C18H16Cl2O4/c19-17(21)15-5-1-13(2-6-15)11-23-9-10-24-12-14-3-7-16(8-4-14)18(20)22/h1-8H,9-12H2. The van der Waals surface area contributed by atoms with Gasteiger partial charge in [0, 0.05) is 11.1 Å². The molecule has 0 saturated heterocycles. The van der Waals surface area contributed by atoms with Crippen molar-refractivity contribution in [2.24, 2.45) is 0 Å². The predicted octanol–water partition coefficient (Wildman–Crippen LogP) is 4.18. The number of rotatable bonds is 9. The van der Waals surface area contributed by atoms with Crippen molar-refractivity contribution in [3.05, 3.63) is 70.8 Å². The van der Waals surface area contributed by atoms with E-state index in [-0.39, 0.29) is 0 Å². The van der Waals surface area contributed by atoms with Gasteiger partial charge in [0.15, 0.2) is 0 Å². The van der Waals surface area contributed by atoms with Gasteiger partial charge in [0.1, 0.15) is 0 Å². The Kier molecular flexibility index (Phi) is 7.40. The molecule has 0 aliphatic rings. The van der Waals surface area contributed by atoms with Gasteiger partial charge in [-0.25, -0.2) is 0 Å². The minimum Gasteiger partial charge on any atom is -0.374 e.